The van der Waals surface area contributed by atoms with Crippen molar-refractivity contribution in [2.24, 2.45) is 11.8 Å². The minimum Gasteiger partial charge on any atom is -0.365 e. The number of pyridine rings is 1. The molecule has 4 heteroatoms. The van der Waals surface area contributed by atoms with Crippen molar-refractivity contribution in [2.45, 2.75) is 39.2 Å². The Morgan fingerprint density at radius 3 is 2.88 bits per heavy atom. The molecule has 1 saturated carbocycles. The summed E-state index contributed by atoms with van der Waals surface area (Å²) in [6.45, 7) is 4.47. The van der Waals surface area contributed by atoms with Crippen molar-refractivity contribution in [3.05, 3.63) is 22.6 Å². The van der Waals surface area contributed by atoms with Gasteiger partial charge in [0.15, 0.2) is 11.6 Å². The molecule has 0 aliphatic heterocycles. The van der Waals surface area contributed by atoms with E-state index in [9.17, 15) is 4.39 Å². The average Bonchev–Trinajstić information content (AvgIpc) is 2.64. The summed E-state index contributed by atoms with van der Waals surface area (Å²) in [5.74, 6) is 1.43. The van der Waals surface area contributed by atoms with Gasteiger partial charge in [0.2, 0.25) is 0 Å². The Morgan fingerprint density at radius 2 is 2.29 bits per heavy atom. The predicted octanol–water partition coefficient (Wildman–Crippen LogP) is 4.22. The van der Waals surface area contributed by atoms with Gasteiger partial charge in [-0.3, -0.25) is 0 Å². The summed E-state index contributed by atoms with van der Waals surface area (Å²) in [6, 6.07) is 1.80. The fraction of sp³-hybridized carbons (Fsp3) is 0.615. The fourth-order valence-corrected chi connectivity index (χ4v) is 3.03. The van der Waals surface area contributed by atoms with E-state index in [0.29, 0.717) is 22.3 Å². The zero-order valence-corrected chi connectivity index (χ0v) is 11.8. The highest BCUT2D eigenvalue weighted by atomic mass is 79.9. The molecule has 1 N–H and O–H groups in total. The van der Waals surface area contributed by atoms with Crippen LogP contribution in [0.1, 0.15) is 33.1 Å². The fourth-order valence-electron chi connectivity index (χ4n) is 2.72. The first kappa shape index (κ1) is 12.8. The largest absolute Gasteiger partial charge is 0.365 e. The third-order valence-electron chi connectivity index (χ3n) is 3.88. The summed E-state index contributed by atoms with van der Waals surface area (Å²) in [4.78, 5) is 4.09. The Hall–Kier alpha value is -0.640. The molecule has 1 heterocycles. The molecule has 0 amide bonds. The standard InChI is InChI=1S/C13H18BrFN2/c1-3-9-4-5-12(8(9)2)17-13-11(15)6-10(14)7-16-13/h6-9,12H,3-5H2,1-2H3,(H,16,17). The van der Waals surface area contributed by atoms with E-state index in [-0.39, 0.29) is 5.82 Å². The molecule has 2 rings (SSSR count). The van der Waals surface area contributed by atoms with Crippen LogP contribution in [0.3, 0.4) is 0 Å². The quantitative estimate of drug-likeness (QED) is 0.904. The Kier molecular flexibility index (Phi) is 4.02. The summed E-state index contributed by atoms with van der Waals surface area (Å²) < 4.78 is 14.3. The molecule has 1 aliphatic rings. The van der Waals surface area contributed by atoms with Crippen LogP contribution in [0.25, 0.3) is 0 Å². The van der Waals surface area contributed by atoms with E-state index in [1.807, 2.05) is 0 Å². The number of halogens is 2. The maximum absolute atomic E-state index is 13.7. The van der Waals surface area contributed by atoms with E-state index in [1.54, 1.807) is 6.20 Å². The van der Waals surface area contributed by atoms with Gasteiger partial charge in [0.05, 0.1) is 0 Å². The van der Waals surface area contributed by atoms with Crippen molar-refractivity contribution in [1.29, 1.82) is 0 Å². The first-order valence-electron chi connectivity index (χ1n) is 6.19. The van der Waals surface area contributed by atoms with E-state index < -0.39 is 0 Å². The van der Waals surface area contributed by atoms with E-state index >= 15 is 0 Å². The molecule has 17 heavy (non-hydrogen) atoms. The molecule has 2 nitrogen and oxygen atoms in total. The second-order valence-electron chi connectivity index (χ2n) is 4.84. The van der Waals surface area contributed by atoms with Gasteiger partial charge in [-0.1, -0.05) is 20.3 Å². The van der Waals surface area contributed by atoms with Gasteiger partial charge >= 0.3 is 0 Å². The van der Waals surface area contributed by atoms with Crippen LogP contribution in [0.5, 0.6) is 0 Å². The third-order valence-corrected chi connectivity index (χ3v) is 4.31. The number of aromatic nitrogens is 1. The minimum atomic E-state index is -0.286. The van der Waals surface area contributed by atoms with Crippen LogP contribution in [-0.4, -0.2) is 11.0 Å². The van der Waals surface area contributed by atoms with E-state index in [1.165, 1.54) is 18.9 Å². The maximum Gasteiger partial charge on any atom is 0.166 e. The van der Waals surface area contributed by atoms with Gasteiger partial charge in [-0.05, 0) is 46.7 Å². The van der Waals surface area contributed by atoms with Gasteiger partial charge in [0.25, 0.3) is 0 Å². The average molecular weight is 301 g/mol. The highest BCUT2D eigenvalue weighted by Gasteiger charge is 2.31. The topological polar surface area (TPSA) is 24.9 Å². The number of nitrogens with one attached hydrogen (secondary N) is 1. The number of hydrogen-bond acceptors (Lipinski definition) is 2. The normalized spacial score (nSPS) is 28.4. The Balaban J connectivity index is 2.06. The molecule has 1 aromatic heterocycles. The number of rotatable bonds is 3. The molecule has 1 aromatic rings. The van der Waals surface area contributed by atoms with Gasteiger partial charge in [-0.25, -0.2) is 9.37 Å². The van der Waals surface area contributed by atoms with Gasteiger partial charge in [0.1, 0.15) is 0 Å². The van der Waals surface area contributed by atoms with Crippen LogP contribution < -0.4 is 5.32 Å². The van der Waals surface area contributed by atoms with Gasteiger partial charge in [-0.15, -0.1) is 0 Å². The van der Waals surface area contributed by atoms with E-state index in [4.69, 9.17) is 0 Å². The molecule has 0 saturated heterocycles. The molecule has 1 fully saturated rings. The van der Waals surface area contributed by atoms with Crippen molar-refractivity contribution in [1.82, 2.24) is 4.98 Å². The monoisotopic (exact) mass is 300 g/mol. The molecule has 3 atom stereocenters. The van der Waals surface area contributed by atoms with Crippen molar-refractivity contribution >= 4 is 21.7 Å². The lowest BCUT2D eigenvalue weighted by molar-refractivity contribution is 0.391. The highest BCUT2D eigenvalue weighted by Crippen LogP contribution is 2.35. The second kappa shape index (κ2) is 5.34. The van der Waals surface area contributed by atoms with Crippen molar-refractivity contribution in [3.8, 4) is 0 Å². The molecule has 94 valence electrons. The molecule has 1 aliphatic carbocycles. The van der Waals surface area contributed by atoms with Crippen LogP contribution in [0.2, 0.25) is 0 Å². The first-order valence-corrected chi connectivity index (χ1v) is 6.98. The van der Waals surface area contributed by atoms with Crippen LogP contribution in [0.15, 0.2) is 16.7 Å². The van der Waals surface area contributed by atoms with Crippen molar-refractivity contribution in [3.63, 3.8) is 0 Å². The van der Waals surface area contributed by atoms with Crippen LogP contribution in [0.4, 0.5) is 10.2 Å². The minimum absolute atomic E-state index is 0.286. The van der Waals surface area contributed by atoms with E-state index in [2.05, 4.69) is 40.1 Å². The van der Waals surface area contributed by atoms with Gasteiger partial charge < -0.3 is 5.32 Å². The zero-order chi connectivity index (χ0) is 12.4. The lowest BCUT2D eigenvalue weighted by Crippen LogP contribution is -2.25. The lowest BCUT2D eigenvalue weighted by atomic mass is 9.93. The Labute approximate surface area is 110 Å². The van der Waals surface area contributed by atoms with Crippen LogP contribution in [0, 0.1) is 17.7 Å². The number of anilines is 1. The Bertz CT molecular complexity index is 397. The molecule has 0 aromatic carbocycles. The third kappa shape index (κ3) is 2.79. The molecule has 3 unspecified atom stereocenters. The van der Waals surface area contributed by atoms with Gasteiger partial charge in [-0.2, -0.15) is 0 Å². The predicted molar refractivity (Wildman–Crippen MR) is 71.5 cm³/mol. The summed E-state index contributed by atoms with van der Waals surface area (Å²) in [7, 11) is 0. The summed E-state index contributed by atoms with van der Waals surface area (Å²) in [6.07, 6.45) is 5.17. The van der Waals surface area contributed by atoms with Gasteiger partial charge in [0, 0.05) is 16.7 Å². The summed E-state index contributed by atoms with van der Waals surface area (Å²) in [5.41, 5.74) is 0. The molecule has 0 bridgehead atoms. The SMILES string of the molecule is CCC1CCC(Nc2ncc(Br)cc2F)C1C. The number of hydrogen-bond donors (Lipinski definition) is 1. The van der Waals surface area contributed by atoms with Crippen molar-refractivity contribution in [2.75, 3.05) is 5.32 Å². The smallest absolute Gasteiger partial charge is 0.166 e. The van der Waals surface area contributed by atoms with Crippen molar-refractivity contribution < 1.29 is 4.39 Å². The molecule has 0 radical (unpaired) electrons. The molecule has 0 spiro atoms. The lowest BCUT2D eigenvalue weighted by Gasteiger charge is -2.21. The summed E-state index contributed by atoms with van der Waals surface area (Å²) in [5, 5.41) is 3.24. The van der Waals surface area contributed by atoms with E-state index in [0.717, 1.165) is 12.3 Å². The highest BCUT2D eigenvalue weighted by molar-refractivity contribution is 9.10. The maximum atomic E-state index is 13.7. The Morgan fingerprint density at radius 1 is 1.53 bits per heavy atom. The second-order valence-corrected chi connectivity index (χ2v) is 5.76. The number of nitrogens with zero attached hydrogens (tertiary/aromatic N) is 1. The van der Waals surface area contributed by atoms with Crippen LogP contribution in [-0.2, 0) is 0 Å². The zero-order valence-electron chi connectivity index (χ0n) is 10.2. The first-order chi connectivity index (χ1) is 8.11. The van der Waals surface area contributed by atoms with Crippen LogP contribution >= 0.6 is 15.9 Å². The molecular formula is C13H18BrFN2. The molecular weight excluding hydrogens is 283 g/mol. The summed E-state index contributed by atoms with van der Waals surface area (Å²) >= 11 is 3.21.